The third-order valence-electron chi connectivity index (χ3n) is 4.51. The zero-order valence-corrected chi connectivity index (χ0v) is 16.8. The zero-order valence-electron chi connectivity index (χ0n) is 13.8. The molecule has 1 N–H and O–H groups in total. The number of nitrogens with zero attached hydrogens (tertiary/aromatic N) is 2. The molecule has 1 heterocycles. The van der Waals surface area contributed by atoms with Gasteiger partial charge in [-0.1, -0.05) is 35.6 Å². The minimum Gasteiger partial charge on any atom is -0.380 e. The maximum atomic E-state index is 3.80. The second-order valence-electron chi connectivity index (χ2n) is 6.57. The van der Waals surface area contributed by atoms with Gasteiger partial charge < -0.3 is 15.1 Å². The Bertz CT molecular complexity index is 600. The Morgan fingerprint density at radius 3 is 2.50 bits per heavy atom. The molecule has 120 valence electrons. The number of benzene rings is 1. The first-order valence-corrected chi connectivity index (χ1v) is 9.78. The van der Waals surface area contributed by atoms with Crippen molar-refractivity contribution in [2.75, 3.05) is 38.4 Å². The van der Waals surface area contributed by atoms with Crippen molar-refractivity contribution in [3.63, 3.8) is 0 Å². The molecule has 0 bridgehead atoms. The van der Waals surface area contributed by atoms with Crippen molar-refractivity contribution >= 4 is 45.7 Å². The number of allylic oxidation sites excluding steroid dienone is 1. The Hall–Kier alpha value is -0.560. The van der Waals surface area contributed by atoms with Gasteiger partial charge in [-0.05, 0) is 24.1 Å². The monoisotopic (exact) mass is 429 g/mol. The van der Waals surface area contributed by atoms with Crippen molar-refractivity contribution in [2.45, 2.75) is 27.0 Å². The van der Waals surface area contributed by atoms with Gasteiger partial charge in [0.15, 0.2) is 0 Å². The van der Waals surface area contributed by atoms with Gasteiger partial charge in [-0.15, -0.1) is 11.8 Å². The molecule has 1 aliphatic carbocycles. The molecule has 4 atom stereocenters. The summed E-state index contributed by atoms with van der Waals surface area (Å²) < 4.78 is 0.530. The van der Waals surface area contributed by atoms with E-state index in [-0.39, 0.29) is 0 Å². The van der Waals surface area contributed by atoms with Crippen molar-refractivity contribution in [3.05, 3.63) is 30.0 Å². The van der Waals surface area contributed by atoms with Crippen LogP contribution in [0.25, 0.3) is 0 Å². The van der Waals surface area contributed by atoms with E-state index in [0.29, 0.717) is 21.1 Å². The fraction of sp³-hybridized carbons (Fsp3) is 0.529. The van der Waals surface area contributed by atoms with Gasteiger partial charge in [0.1, 0.15) is 0 Å². The summed E-state index contributed by atoms with van der Waals surface area (Å²) in [6, 6.07) is 7.25. The number of alkyl halides is 1. The fourth-order valence-electron chi connectivity index (χ4n) is 3.19. The number of halogens is 1. The van der Waals surface area contributed by atoms with Crippen LogP contribution < -0.4 is 10.2 Å². The van der Waals surface area contributed by atoms with E-state index in [1.165, 1.54) is 22.0 Å². The molecule has 0 radical (unpaired) electrons. The van der Waals surface area contributed by atoms with Crippen LogP contribution >= 0.6 is 34.4 Å². The van der Waals surface area contributed by atoms with Crippen LogP contribution in [0.4, 0.5) is 11.4 Å². The van der Waals surface area contributed by atoms with Gasteiger partial charge in [-0.2, -0.15) is 0 Å². The van der Waals surface area contributed by atoms with Crippen molar-refractivity contribution < 1.29 is 0 Å². The second kappa shape index (κ2) is 6.15. The Kier molecular flexibility index (Phi) is 4.56. The topological polar surface area (TPSA) is 18.5 Å². The molecule has 0 fully saturated rings. The number of nitrogens with one attached hydrogen (secondary N) is 1. The summed E-state index contributed by atoms with van der Waals surface area (Å²) >= 11 is 4.66. The predicted octanol–water partition coefficient (Wildman–Crippen LogP) is 3.91. The normalized spacial score (nSPS) is 29.8. The van der Waals surface area contributed by atoms with E-state index in [2.05, 4.69) is 97.1 Å². The predicted molar refractivity (Wildman–Crippen MR) is 107 cm³/mol. The summed E-state index contributed by atoms with van der Waals surface area (Å²) in [5, 5.41) is 4.37. The number of rotatable bonds is 2. The van der Waals surface area contributed by atoms with Gasteiger partial charge >= 0.3 is 0 Å². The van der Waals surface area contributed by atoms with E-state index >= 15 is 0 Å². The van der Waals surface area contributed by atoms with Gasteiger partial charge in [0.2, 0.25) is 0 Å². The van der Waals surface area contributed by atoms with Crippen molar-refractivity contribution in [1.29, 1.82) is 0 Å². The Labute approximate surface area is 151 Å². The second-order valence-corrected chi connectivity index (χ2v) is 9.14. The molecule has 3 rings (SSSR count). The summed E-state index contributed by atoms with van der Waals surface area (Å²) in [6.07, 6.45) is 2.44. The molecule has 22 heavy (non-hydrogen) atoms. The average molecular weight is 429 g/mol. The summed E-state index contributed by atoms with van der Waals surface area (Å²) in [5.74, 6) is 0.544. The van der Waals surface area contributed by atoms with Crippen LogP contribution in [0.5, 0.6) is 0 Å². The van der Waals surface area contributed by atoms with E-state index in [1.807, 2.05) is 11.8 Å². The highest BCUT2D eigenvalue weighted by Crippen LogP contribution is 2.48. The fourth-order valence-corrected chi connectivity index (χ4v) is 6.30. The van der Waals surface area contributed by atoms with E-state index < -0.39 is 0 Å². The van der Waals surface area contributed by atoms with Crippen LogP contribution in [0.15, 0.2) is 34.9 Å². The summed E-state index contributed by atoms with van der Waals surface area (Å²) in [7, 11) is 8.51. The summed E-state index contributed by atoms with van der Waals surface area (Å²) in [6.45, 7) is 2.33. The Morgan fingerprint density at radius 1 is 1.14 bits per heavy atom. The average Bonchev–Trinajstić information content (AvgIpc) is 2.48. The highest BCUT2D eigenvalue weighted by atomic mass is 127. The molecule has 0 aromatic heterocycles. The maximum absolute atomic E-state index is 3.80. The largest absolute Gasteiger partial charge is 0.380 e. The van der Waals surface area contributed by atoms with Crippen LogP contribution in [0.2, 0.25) is 0 Å². The molecule has 2 aliphatic rings. The quantitative estimate of drug-likeness (QED) is 0.568. The number of anilines is 2. The van der Waals surface area contributed by atoms with Crippen LogP contribution in [0.1, 0.15) is 6.92 Å². The van der Waals surface area contributed by atoms with E-state index in [0.717, 1.165) is 0 Å². The first-order chi connectivity index (χ1) is 10.4. The number of hydrogen-bond donors (Lipinski definition) is 1. The van der Waals surface area contributed by atoms with Gasteiger partial charge in [0.25, 0.3) is 0 Å². The van der Waals surface area contributed by atoms with Gasteiger partial charge in [0, 0.05) is 61.4 Å². The number of hydrogen-bond acceptors (Lipinski definition) is 4. The molecule has 1 aromatic rings. The lowest BCUT2D eigenvalue weighted by Crippen LogP contribution is -2.49. The highest BCUT2D eigenvalue weighted by Gasteiger charge is 2.41. The van der Waals surface area contributed by atoms with E-state index in [4.69, 9.17) is 0 Å². The van der Waals surface area contributed by atoms with Gasteiger partial charge in [-0.25, -0.2) is 0 Å². The van der Waals surface area contributed by atoms with Crippen LogP contribution in [-0.4, -0.2) is 48.3 Å². The van der Waals surface area contributed by atoms with Crippen molar-refractivity contribution in [2.24, 2.45) is 5.92 Å². The first-order valence-electron chi connectivity index (χ1n) is 7.66. The zero-order chi connectivity index (χ0) is 16.0. The van der Waals surface area contributed by atoms with Gasteiger partial charge in [-0.3, -0.25) is 0 Å². The molecule has 5 heteroatoms. The molecule has 0 saturated heterocycles. The Balaban J connectivity index is 1.94. The molecule has 1 aromatic carbocycles. The molecule has 0 saturated carbocycles. The summed E-state index contributed by atoms with van der Waals surface area (Å²) in [4.78, 5) is 5.82. The molecule has 0 amide bonds. The molecule has 0 spiro atoms. The van der Waals surface area contributed by atoms with Crippen LogP contribution in [0.3, 0.4) is 0 Å². The minimum atomic E-state index is 0.508. The highest BCUT2D eigenvalue weighted by molar-refractivity contribution is 14.1. The smallest absolute Gasteiger partial charge is 0.0647 e. The SMILES string of the molecule is CC1C=C(N(C)C)C(I)C2Sc3cc(N(C)C)ccc3NC12. The van der Waals surface area contributed by atoms with Crippen molar-refractivity contribution in [1.82, 2.24) is 4.90 Å². The molecule has 1 aliphatic heterocycles. The lowest BCUT2D eigenvalue weighted by atomic mass is 9.88. The van der Waals surface area contributed by atoms with E-state index in [1.54, 1.807) is 0 Å². The molecule has 4 unspecified atom stereocenters. The number of fused-ring (bicyclic) bond motifs is 2. The van der Waals surface area contributed by atoms with Crippen molar-refractivity contribution in [3.8, 4) is 0 Å². The third kappa shape index (κ3) is 2.82. The molecular weight excluding hydrogens is 405 g/mol. The minimum absolute atomic E-state index is 0.508. The van der Waals surface area contributed by atoms with Crippen LogP contribution in [-0.2, 0) is 0 Å². The third-order valence-corrected chi connectivity index (χ3v) is 7.84. The Morgan fingerprint density at radius 2 is 1.86 bits per heavy atom. The molecular formula is C17H24IN3S. The first kappa shape index (κ1) is 16.3. The lowest BCUT2D eigenvalue weighted by Gasteiger charge is -2.44. The summed E-state index contributed by atoms with van der Waals surface area (Å²) in [5.41, 5.74) is 4.01. The lowest BCUT2D eigenvalue weighted by molar-refractivity contribution is 0.430. The maximum Gasteiger partial charge on any atom is 0.0647 e. The number of thioether (sulfide) groups is 1. The molecule has 3 nitrogen and oxygen atoms in total. The standard InChI is InChI=1S/C17H24IN3S/c1-10-8-13(21(4)5)15(18)17-16(10)19-12-7-6-11(20(2)3)9-14(12)22-17/h6-10,15-17,19H,1-5H3. The van der Waals surface area contributed by atoms with Gasteiger partial charge in [0.05, 0.1) is 3.92 Å². The van der Waals surface area contributed by atoms with E-state index in [9.17, 15) is 0 Å². The van der Waals surface area contributed by atoms with Crippen LogP contribution in [0, 0.1) is 5.92 Å².